The average Bonchev–Trinajstić information content (AvgIpc) is 1.25. The molecule has 0 unspecified atom stereocenters. The van der Waals surface area contributed by atoms with Crippen molar-refractivity contribution in [3.05, 3.63) is 30.6 Å². The standard InChI is InChI=1S/Al.2NO3.Si/c;2*2-1(3)4;/q+3;2*-1;+4. The van der Waals surface area contributed by atoms with E-state index in [2.05, 4.69) is 0 Å². The minimum Gasteiger partial charge on any atom is -0.356 e. The van der Waals surface area contributed by atoms with Gasteiger partial charge in [-0.1, -0.05) is 0 Å². The zero-order valence-electron chi connectivity index (χ0n) is 4.42. The summed E-state index contributed by atoms with van der Waals surface area (Å²) in [6.45, 7) is 0. The SMILES string of the molecule is O=[N+]([O-])[O-].O=[N+]([O-])[O-].[Al+3].[Si+4]. The second-order valence-electron chi connectivity index (χ2n) is 0.447. The van der Waals surface area contributed by atoms with Crippen LogP contribution < -0.4 is 0 Å². The van der Waals surface area contributed by atoms with Gasteiger partial charge in [0, 0.05) is 0 Å². The van der Waals surface area contributed by atoms with E-state index < -0.39 is 10.2 Å². The Morgan fingerprint density at radius 3 is 0.800 bits per heavy atom. The fraction of sp³-hybridized carbons (Fsp3) is 0. The van der Waals surface area contributed by atoms with Gasteiger partial charge in [-0.05, 0) is 0 Å². The van der Waals surface area contributed by atoms with E-state index in [1.807, 2.05) is 0 Å². The normalized spacial score (nSPS) is 4.80. The molecule has 0 amide bonds. The summed E-state index contributed by atoms with van der Waals surface area (Å²) >= 11 is 0. The first-order valence-corrected chi connectivity index (χ1v) is 1.10. The zero-order chi connectivity index (χ0) is 7.15. The van der Waals surface area contributed by atoms with Gasteiger partial charge >= 0.3 is 28.3 Å². The van der Waals surface area contributed by atoms with Gasteiger partial charge in [0.05, 0.1) is 10.2 Å². The third-order valence-electron chi connectivity index (χ3n) is 0. The molecule has 0 spiro atoms. The van der Waals surface area contributed by atoms with E-state index in [4.69, 9.17) is 30.6 Å². The molecule has 48 valence electrons. The molecule has 0 saturated carbocycles. The third-order valence-corrected chi connectivity index (χ3v) is 0. The summed E-state index contributed by atoms with van der Waals surface area (Å²) in [5, 5.41) is 29.5. The van der Waals surface area contributed by atoms with Gasteiger partial charge in [0.1, 0.15) is 0 Å². The molecule has 0 aliphatic rings. The van der Waals surface area contributed by atoms with Gasteiger partial charge < -0.3 is 30.6 Å². The fourth-order valence-electron chi connectivity index (χ4n) is 0. The third kappa shape index (κ3) is 374. The molecule has 10 heteroatoms. The summed E-state index contributed by atoms with van der Waals surface area (Å²) in [4.78, 5) is 16.5. The Labute approximate surface area is 69.8 Å². The molecule has 0 aromatic heterocycles. The van der Waals surface area contributed by atoms with Crippen LogP contribution in [0.25, 0.3) is 0 Å². The second-order valence-corrected chi connectivity index (χ2v) is 0.447. The molecule has 0 rings (SSSR count). The van der Waals surface area contributed by atoms with Gasteiger partial charge in [-0.2, -0.15) is 0 Å². The Hall–Kier alpha value is -0.851. The monoisotopic (exact) mass is 179 g/mol. The summed E-state index contributed by atoms with van der Waals surface area (Å²) in [7, 11) is 0. The van der Waals surface area contributed by atoms with Crippen LogP contribution in [-0.4, -0.2) is 38.5 Å². The number of hydrogen-bond acceptors (Lipinski definition) is 6. The van der Waals surface area contributed by atoms with Gasteiger partial charge in [-0.25, -0.2) is 0 Å². The molecular weight excluding hydrogens is 179 g/mol. The zero-order valence-corrected chi connectivity index (χ0v) is 6.58. The Kier molecular flexibility index (Phi) is 36.0. The summed E-state index contributed by atoms with van der Waals surface area (Å²) in [6, 6.07) is 0. The molecule has 0 aliphatic heterocycles. The average molecular weight is 179 g/mol. The van der Waals surface area contributed by atoms with Gasteiger partial charge in [-0.15, -0.1) is 0 Å². The quantitative estimate of drug-likeness (QED) is 0.259. The van der Waals surface area contributed by atoms with Crippen molar-refractivity contribution in [1.29, 1.82) is 0 Å². The molecule has 0 aliphatic carbocycles. The van der Waals surface area contributed by atoms with Crippen molar-refractivity contribution < 1.29 is 10.2 Å². The molecule has 0 radical (unpaired) electrons. The minimum atomic E-state index is -1.75. The summed E-state index contributed by atoms with van der Waals surface area (Å²) < 4.78 is 0. The molecule has 0 heterocycles. The van der Waals surface area contributed by atoms with E-state index in [-0.39, 0.29) is 28.3 Å². The molecule has 10 heavy (non-hydrogen) atoms. The first kappa shape index (κ1) is 22.9. The number of nitrogens with zero attached hydrogens (tertiary/aromatic N) is 2. The van der Waals surface area contributed by atoms with E-state index in [1.54, 1.807) is 0 Å². The van der Waals surface area contributed by atoms with Crippen LogP contribution in [0.15, 0.2) is 0 Å². The van der Waals surface area contributed by atoms with E-state index >= 15 is 0 Å². The van der Waals surface area contributed by atoms with Crippen LogP contribution in [0.2, 0.25) is 0 Å². The molecule has 0 fully saturated rings. The van der Waals surface area contributed by atoms with Crippen LogP contribution in [0.1, 0.15) is 0 Å². The number of rotatable bonds is 0. The Morgan fingerprint density at radius 1 is 0.800 bits per heavy atom. The predicted octanol–water partition coefficient (Wildman–Crippen LogP) is -1.24. The predicted molar refractivity (Wildman–Crippen MR) is 32.2 cm³/mol. The first-order valence-electron chi connectivity index (χ1n) is 1.10. The molecule has 0 aromatic carbocycles. The van der Waals surface area contributed by atoms with Crippen LogP contribution in [0.4, 0.5) is 0 Å². The van der Waals surface area contributed by atoms with Crippen molar-refractivity contribution in [3.63, 3.8) is 0 Å². The van der Waals surface area contributed by atoms with Crippen LogP contribution in [0.3, 0.4) is 0 Å². The van der Waals surface area contributed by atoms with E-state index in [0.717, 1.165) is 0 Å². The van der Waals surface area contributed by atoms with Crippen LogP contribution >= 0.6 is 0 Å². The molecular formula is AlN2O6Si+5. The Morgan fingerprint density at radius 2 is 0.800 bits per heavy atom. The summed E-state index contributed by atoms with van der Waals surface area (Å²) in [6.07, 6.45) is 0. The van der Waals surface area contributed by atoms with Crippen molar-refractivity contribution in [2.45, 2.75) is 0 Å². The van der Waals surface area contributed by atoms with Crippen molar-refractivity contribution >= 4 is 28.3 Å². The van der Waals surface area contributed by atoms with Gasteiger partial charge in [-0.3, -0.25) is 0 Å². The Balaban J connectivity index is -0.0000000300. The van der Waals surface area contributed by atoms with E-state index in [0.29, 0.717) is 0 Å². The van der Waals surface area contributed by atoms with Crippen molar-refractivity contribution in [2.24, 2.45) is 0 Å². The van der Waals surface area contributed by atoms with Gasteiger partial charge in [0.25, 0.3) is 0 Å². The molecule has 0 saturated heterocycles. The van der Waals surface area contributed by atoms with Crippen LogP contribution in [0, 0.1) is 30.6 Å². The van der Waals surface area contributed by atoms with Crippen molar-refractivity contribution in [1.82, 2.24) is 0 Å². The maximum atomic E-state index is 8.25. The summed E-state index contributed by atoms with van der Waals surface area (Å²) in [5.74, 6) is 0. The van der Waals surface area contributed by atoms with E-state index in [9.17, 15) is 0 Å². The maximum Gasteiger partial charge on any atom is 4.00 e. The van der Waals surface area contributed by atoms with Crippen molar-refractivity contribution in [3.8, 4) is 0 Å². The molecule has 0 N–H and O–H groups in total. The van der Waals surface area contributed by atoms with Crippen molar-refractivity contribution in [2.75, 3.05) is 0 Å². The molecule has 0 atom stereocenters. The van der Waals surface area contributed by atoms with Gasteiger partial charge in [0.15, 0.2) is 0 Å². The molecule has 8 nitrogen and oxygen atoms in total. The first-order chi connectivity index (χ1) is 3.46. The van der Waals surface area contributed by atoms with Crippen LogP contribution in [0.5, 0.6) is 0 Å². The number of hydrogen-bond donors (Lipinski definition) is 0. The van der Waals surface area contributed by atoms with E-state index in [1.165, 1.54) is 0 Å². The fourth-order valence-corrected chi connectivity index (χ4v) is 0. The Bertz CT molecular complexity index is 73.7. The second kappa shape index (κ2) is 15.7. The summed E-state index contributed by atoms with van der Waals surface area (Å²) in [5.41, 5.74) is 0. The topological polar surface area (TPSA) is 132 Å². The maximum absolute atomic E-state index is 8.25. The van der Waals surface area contributed by atoms with Gasteiger partial charge in [0.2, 0.25) is 0 Å². The smallest absolute Gasteiger partial charge is 0.356 e. The van der Waals surface area contributed by atoms with Crippen LogP contribution in [-0.2, 0) is 0 Å². The molecule has 0 aromatic rings. The molecule has 0 bridgehead atoms. The minimum absolute atomic E-state index is 0. The largest absolute Gasteiger partial charge is 4.00 e.